The van der Waals surface area contributed by atoms with Gasteiger partial charge in [0.1, 0.15) is 5.78 Å². The molecular formula is C26H27N3O3S. The molecule has 0 spiro atoms. The maximum Gasteiger partial charge on any atom is 0.234 e. The number of hydrogen-bond donors (Lipinski definition) is 1. The quantitative estimate of drug-likeness (QED) is 0.595. The highest BCUT2D eigenvalue weighted by molar-refractivity contribution is 7.92. The van der Waals surface area contributed by atoms with Crippen molar-refractivity contribution in [2.24, 2.45) is 11.3 Å². The van der Waals surface area contributed by atoms with Crippen LogP contribution in [0.5, 0.6) is 0 Å². The second-order valence-corrected chi connectivity index (χ2v) is 11.2. The Labute approximate surface area is 194 Å². The van der Waals surface area contributed by atoms with Gasteiger partial charge in [-0.2, -0.15) is 5.26 Å². The molecule has 0 atom stereocenters. The van der Waals surface area contributed by atoms with E-state index in [1.807, 2.05) is 25.1 Å². The molecule has 2 saturated carbocycles. The molecule has 2 aromatic rings. The molecular weight excluding hydrogens is 434 g/mol. The number of benzene rings is 1. The summed E-state index contributed by atoms with van der Waals surface area (Å²) in [5, 5.41) is 9.26. The summed E-state index contributed by atoms with van der Waals surface area (Å²) in [6.45, 7) is 1.99. The van der Waals surface area contributed by atoms with Crippen molar-refractivity contribution in [3.8, 4) is 17.2 Å². The Kier molecular flexibility index (Phi) is 5.37. The number of rotatable bonds is 9. The number of carbonyl (C=O) groups excluding carboxylic acids is 1. The molecule has 2 fully saturated rings. The molecule has 0 radical (unpaired) electrons. The van der Waals surface area contributed by atoms with E-state index in [1.165, 1.54) is 0 Å². The third-order valence-electron chi connectivity index (χ3n) is 6.79. The summed E-state index contributed by atoms with van der Waals surface area (Å²) in [4.78, 5) is 17.1. The maximum atomic E-state index is 12.7. The number of anilines is 1. The zero-order valence-electron chi connectivity index (χ0n) is 18.7. The zero-order valence-corrected chi connectivity index (χ0v) is 19.5. The minimum atomic E-state index is -3.62. The van der Waals surface area contributed by atoms with Crippen molar-refractivity contribution in [3.05, 3.63) is 52.9 Å². The molecule has 0 saturated heterocycles. The third kappa shape index (κ3) is 4.58. The van der Waals surface area contributed by atoms with Crippen molar-refractivity contribution in [1.82, 2.24) is 4.98 Å². The molecule has 0 bridgehead atoms. The second-order valence-electron chi connectivity index (χ2n) is 9.52. The standard InChI is InChI=1S/C26H27N3O3S/c1-2-17-12-19(8-9-23(17)29-33(31,32)16-26(15-27)10-11-26)22-13-20(14-25(30)18-6-7-18)28-24-5-3-4-21(22)24/h3-4,8-9,12-13,18,29H,2,5-7,10-11,14,16H2,1H3. The van der Waals surface area contributed by atoms with Crippen molar-refractivity contribution in [2.75, 3.05) is 10.5 Å². The van der Waals surface area contributed by atoms with Gasteiger partial charge in [-0.15, -0.1) is 0 Å². The van der Waals surface area contributed by atoms with Crippen molar-refractivity contribution < 1.29 is 13.2 Å². The number of Topliss-reactive ketones (excluding diaryl/α,β-unsaturated/α-hetero) is 1. The SMILES string of the molecule is CCc1cc(-c2cc(CC(=O)C3CC3)nc3c2C=CC3)ccc1NS(=O)(=O)CC1(C#N)CC1. The molecule has 7 heteroatoms. The molecule has 0 amide bonds. The molecule has 170 valence electrons. The van der Waals surface area contributed by atoms with Gasteiger partial charge in [-0.1, -0.05) is 25.1 Å². The average molecular weight is 462 g/mol. The minimum absolute atomic E-state index is 0.164. The van der Waals surface area contributed by atoms with E-state index in [-0.39, 0.29) is 17.5 Å². The number of nitrogens with zero attached hydrogens (tertiary/aromatic N) is 2. The number of aryl methyl sites for hydroxylation is 1. The van der Waals surface area contributed by atoms with Crippen LogP contribution < -0.4 is 4.72 Å². The number of nitriles is 1. The van der Waals surface area contributed by atoms with Crippen molar-refractivity contribution in [1.29, 1.82) is 5.26 Å². The van der Waals surface area contributed by atoms with E-state index in [2.05, 4.69) is 22.9 Å². The number of fused-ring (bicyclic) bond motifs is 1. The summed E-state index contributed by atoms with van der Waals surface area (Å²) in [6, 6.07) is 9.90. The Bertz CT molecular complexity index is 1310. The maximum absolute atomic E-state index is 12.7. The number of hydrogen-bond acceptors (Lipinski definition) is 5. The summed E-state index contributed by atoms with van der Waals surface area (Å²) in [7, 11) is -3.62. The Morgan fingerprint density at radius 2 is 2.06 bits per heavy atom. The van der Waals surface area contributed by atoms with Gasteiger partial charge in [-0.05, 0) is 67.0 Å². The molecule has 33 heavy (non-hydrogen) atoms. The van der Waals surface area contributed by atoms with Gasteiger partial charge in [-0.25, -0.2) is 8.42 Å². The first kappa shape index (κ1) is 21.8. The molecule has 1 aromatic heterocycles. The molecule has 5 rings (SSSR count). The van der Waals surface area contributed by atoms with Gasteiger partial charge in [0.2, 0.25) is 10.0 Å². The molecule has 0 aliphatic heterocycles. The summed E-state index contributed by atoms with van der Waals surface area (Å²) in [6.07, 6.45) is 9.19. The summed E-state index contributed by atoms with van der Waals surface area (Å²) in [5.74, 6) is 0.309. The van der Waals surface area contributed by atoms with Crippen LogP contribution in [-0.4, -0.2) is 24.9 Å². The van der Waals surface area contributed by atoms with Gasteiger partial charge >= 0.3 is 0 Å². The number of allylic oxidation sites excluding steroid dienone is 1. The number of aromatic nitrogens is 1. The van der Waals surface area contributed by atoms with Crippen molar-refractivity contribution >= 4 is 27.6 Å². The first-order chi connectivity index (χ1) is 15.8. The lowest BCUT2D eigenvalue weighted by Crippen LogP contribution is -2.23. The van der Waals surface area contributed by atoms with E-state index in [1.54, 1.807) is 6.07 Å². The highest BCUT2D eigenvalue weighted by Gasteiger charge is 2.47. The Morgan fingerprint density at radius 1 is 1.27 bits per heavy atom. The predicted molar refractivity (Wildman–Crippen MR) is 128 cm³/mol. The van der Waals surface area contributed by atoms with Crippen LogP contribution in [0.15, 0.2) is 30.3 Å². The molecule has 0 unspecified atom stereocenters. The van der Waals surface area contributed by atoms with Crippen LogP contribution in [0.4, 0.5) is 5.69 Å². The monoisotopic (exact) mass is 461 g/mol. The Balaban J connectivity index is 1.45. The third-order valence-corrected chi connectivity index (χ3v) is 8.26. The van der Waals surface area contributed by atoms with Gasteiger partial charge in [0.25, 0.3) is 0 Å². The summed E-state index contributed by atoms with van der Waals surface area (Å²) in [5.41, 5.74) is 5.59. The topological polar surface area (TPSA) is 99.9 Å². The fourth-order valence-electron chi connectivity index (χ4n) is 4.51. The highest BCUT2D eigenvalue weighted by atomic mass is 32.2. The lowest BCUT2D eigenvalue weighted by Gasteiger charge is -2.16. The molecule has 6 nitrogen and oxygen atoms in total. The van der Waals surface area contributed by atoms with E-state index >= 15 is 0 Å². The summed E-state index contributed by atoms with van der Waals surface area (Å²) >= 11 is 0. The van der Waals surface area contributed by atoms with Gasteiger partial charge < -0.3 is 0 Å². The smallest absolute Gasteiger partial charge is 0.234 e. The van der Waals surface area contributed by atoms with Crippen molar-refractivity contribution in [2.45, 2.75) is 51.9 Å². The first-order valence-electron chi connectivity index (χ1n) is 11.6. The second kappa shape index (κ2) is 8.11. The fraction of sp³-hybridized carbons (Fsp3) is 0.423. The van der Waals surface area contributed by atoms with Crippen LogP contribution in [-0.2, 0) is 34.1 Å². The molecule has 3 aliphatic carbocycles. The van der Waals surface area contributed by atoms with Gasteiger partial charge in [0, 0.05) is 30.0 Å². The number of nitrogens with one attached hydrogen (secondary N) is 1. The Hall–Kier alpha value is -2.98. The van der Waals surface area contributed by atoms with Crippen LogP contribution in [0.1, 0.15) is 55.1 Å². The highest BCUT2D eigenvalue weighted by Crippen LogP contribution is 2.46. The lowest BCUT2D eigenvalue weighted by molar-refractivity contribution is -0.119. The van der Waals surface area contributed by atoms with E-state index < -0.39 is 15.4 Å². The van der Waals surface area contributed by atoms with E-state index in [9.17, 15) is 18.5 Å². The van der Waals surface area contributed by atoms with Crippen LogP contribution in [0, 0.1) is 22.7 Å². The van der Waals surface area contributed by atoms with Gasteiger partial charge in [0.05, 0.1) is 28.6 Å². The summed E-state index contributed by atoms with van der Waals surface area (Å²) < 4.78 is 28.1. The van der Waals surface area contributed by atoms with Crippen LogP contribution in [0.25, 0.3) is 17.2 Å². The number of pyridine rings is 1. The van der Waals surface area contributed by atoms with Gasteiger partial charge in [0.15, 0.2) is 0 Å². The average Bonchev–Trinajstić information content (AvgIpc) is 3.71. The Morgan fingerprint density at radius 3 is 2.73 bits per heavy atom. The fourth-order valence-corrected chi connectivity index (χ4v) is 6.20. The molecule has 3 aliphatic rings. The predicted octanol–water partition coefficient (Wildman–Crippen LogP) is 4.45. The molecule has 1 heterocycles. The number of carbonyl (C=O) groups is 1. The van der Waals surface area contributed by atoms with Crippen LogP contribution in [0.3, 0.4) is 0 Å². The zero-order chi connectivity index (χ0) is 23.2. The van der Waals surface area contributed by atoms with E-state index in [4.69, 9.17) is 4.98 Å². The largest absolute Gasteiger partial charge is 0.299 e. The lowest BCUT2D eigenvalue weighted by atomic mass is 9.95. The number of sulfonamides is 1. The van der Waals surface area contributed by atoms with E-state index in [0.717, 1.165) is 52.9 Å². The normalized spacial score (nSPS) is 17.9. The minimum Gasteiger partial charge on any atom is -0.299 e. The van der Waals surface area contributed by atoms with Crippen molar-refractivity contribution in [3.63, 3.8) is 0 Å². The number of ketones is 1. The first-order valence-corrected chi connectivity index (χ1v) is 13.2. The van der Waals surface area contributed by atoms with E-state index in [0.29, 0.717) is 31.4 Å². The molecule has 1 aromatic carbocycles. The van der Waals surface area contributed by atoms with Crippen LogP contribution >= 0.6 is 0 Å². The molecule has 1 N–H and O–H groups in total. The van der Waals surface area contributed by atoms with Crippen LogP contribution in [0.2, 0.25) is 0 Å². The van der Waals surface area contributed by atoms with Gasteiger partial charge in [-0.3, -0.25) is 14.5 Å².